The van der Waals surface area contributed by atoms with Crippen molar-refractivity contribution in [1.29, 1.82) is 0 Å². The number of carbonyl (C=O) groups is 2. The largest absolute Gasteiger partial charge is 0.479 e. The van der Waals surface area contributed by atoms with Gasteiger partial charge in [0.1, 0.15) is 0 Å². The van der Waals surface area contributed by atoms with Gasteiger partial charge in [-0.3, -0.25) is 0 Å². The molecular formula is C9H14O5. The molecule has 0 saturated carbocycles. The van der Waals surface area contributed by atoms with Gasteiger partial charge in [-0.15, -0.1) is 0 Å². The predicted molar refractivity (Wildman–Crippen MR) is 48.8 cm³/mol. The molecule has 0 aromatic heterocycles. The van der Waals surface area contributed by atoms with Crippen molar-refractivity contribution in [3.8, 4) is 0 Å². The molecule has 1 unspecified atom stereocenters. The molecule has 0 fully saturated rings. The topological polar surface area (TPSA) is 94.8 Å². The van der Waals surface area contributed by atoms with Gasteiger partial charge < -0.3 is 15.3 Å². The van der Waals surface area contributed by atoms with E-state index in [-0.39, 0.29) is 6.42 Å². The first kappa shape index (κ1) is 12.6. The van der Waals surface area contributed by atoms with Crippen LogP contribution >= 0.6 is 0 Å². The van der Waals surface area contributed by atoms with Gasteiger partial charge in [-0.1, -0.05) is 19.1 Å². The van der Waals surface area contributed by atoms with Crippen LogP contribution in [-0.2, 0) is 9.59 Å². The average molecular weight is 202 g/mol. The fraction of sp³-hybridized carbons (Fsp3) is 0.556. The maximum atomic E-state index is 10.7. The Morgan fingerprint density at radius 3 is 1.79 bits per heavy atom. The highest BCUT2D eigenvalue weighted by molar-refractivity contribution is 6.02. The minimum Gasteiger partial charge on any atom is -0.479 e. The van der Waals surface area contributed by atoms with Crippen molar-refractivity contribution >= 4 is 11.9 Å². The van der Waals surface area contributed by atoms with Crippen molar-refractivity contribution in [2.45, 2.75) is 25.9 Å². The number of hydrogen-bond donors (Lipinski definition) is 3. The molecule has 0 heterocycles. The predicted octanol–water partition coefficient (Wildman–Crippen LogP) is 0.489. The van der Waals surface area contributed by atoms with Crippen LogP contribution in [0.2, 0.25) is 0 Å². The van der Waals surface area contributed by atoms with Crippen molar-refractivity contribution in [1.82, 2.24) is 0 Å². The van der Waals surface area contributed by atoms with E-state index in [0.717, 1.165) is 0 Å². The Kier molecular flexibility index (Phi) is 3.82. The molecule has 3 N–H and O–H groups in total. The summed E-state index contributed by atoms with van der Waals surface area (Å²) in [4.78, 5) is 21.4. The highest BCUT2D eigenvalue weighted by atomic mass is 16.4. The van der Waals surface area contributed by atoms with Crippen LogP contribution in [0.3, 0.4) is 0 Å². The zero-order valence-electron chi connectivity index (χ0n) is 8.15. The smallest absolute Gasteiger partial charge is 0.348 e. The van der Waals surface area contributed by atoms with Crippen LogP contribution in [0.4, 0.5) is 0 Å². The highest BCUT2D eigenvalue weighted by Gasteiger charge is 2.51. The molecule has 0 aliphatic rings. The summed E-state index contributed by atoms with van der Waals surface area (Å²) in [6.07, 6.45) is 0.199. The number of hydrogen-bond acceptors (Lipinski definition) is 3. The molecule has 0 saturated heterocycles. The molecule has 0 amide bonds. The third kappa shape index (κ3) is 1.93. The van der Waals surface area contributed by atoms with Gasteiger partial charge in [0.15, 0.2) is 0 Å². The van der Waals surface area contributed by atoms with E-state index in [2.05, 4.69) is 6.58 Å². The Hall–Kier alpha value is -1.36. The first-order valence-corrected chi connectivity index (χ1v) is 4.13. The number of aliphatic hydroxyl groups is 1. The molecular weight excluding hydrogens is 188 g/mol. The number of carboxylic acid groups (broad SMARTS) is 2. The Bertz CT molecular complexity index is 254. The standard InChI is InChI=1S/C9H14O5/c1-4-6(5(2)3)9(14,7(10)11)8(12)13/h6,14H,2,4H2,1,3H3,(H,10,11)(H,12,13). The van der Waals surface area contributed by atoms with E-state index in [1.807, 2.05) is 0 Å². The molecule has 5 nitrogen and oxygen atoms in total. The average Bonchev–Trinajstić information content (AvgIpc) is 2.03. The summed E-state index contributed by atoms with van der Waals surface area (Å²) in [6, 6.07) is 0. The van der Waals surface area contributed by atoms with Gasteiger partial charge in [-0.2, -0.15) is 0 Å². The molecule has 14 heavy (non-hydrogen) atoms. The second kappa shape index (κ2) is 4.23. The van der Waals surface area contributed by atoms with E-state index in [0.29, 0.717) is 5.57 Å². The van der Waals surface area contributed by atoms with E-state index in [1.54, 1.807) is 6.92 Å². The lowest BCUT2D eigenvalue weighted by Gasteiger charge is -2.27. The minimum absolute atomic E-state index is 0.199. The monoisotopic (exact) mass is 202 g/mol. The molecule has 0 bridgehead atoms. The van der Waals surface area contributed by atoms with E-state index in [4.69, 9.17) is 10.2 Å². The summed E-state index contributed by atoms with van der Waals surface area (Å²) in [5, 5.41) is 26.9. The lowest BCUT2D eigenvalue weighted by Crippen LogP contribution is -2.53. The number of carboxylic acids is 2. The molecule has 5 heteroatoms. The summed E-state index contributed by atoms with van der Waals surface area (Å²) in [5.41, 5.74) is -2.44. The van der Waals surface area contributed by atoms with Crippen LogP contribution < -0.4 is 0 Å². The van der Waals surface area contributed by atoms with E-state index in [9.17, 15) is 14.7 Å². The maximum Gasteiger partial charge on any atom is 0.348 e. The maximum absolute atomic E-state index is 10.7. The van der Waals surface area contributed by atoms with Crippen LogP contribution in [0.1, 0.15) is 20.3 Å². The molecule has 0 aromatic carbocycles. The van der Waals surface area contributed by atoms with Crippen LogP contribution in [0.15, 0.2) is 12.2 Å². The quantitative estimate of drug-likeness (QED) is 0.445. The number of aliphatic carboxylic acids is 2. The van der Waals surface area contributed by atoms with Gasteiger partial charge in [0.25, 0.3) is 5.60 Å². The summed E-state index contributed by atoms with van der Waals surface area (Å²) >= 11 is 0. The lowest BCUT2D eigenvalue weighted by molar-refractivity contribution is -0.181. The van der Waals surface area contributed by atoms with E-state index in [1.165, 1.54) is 6.92 Å². The first-order valence-electron chi connectivity index (χ1n) is 4.13. The van der Waals surface area contributed by atoms with Crippen molar-refractivity contribution in [2.75, 3.05) is 0 Å². The van der Waals surface area contributed by atoms with Gasteiger partial charge >= 0.3 is 11.9 Å². The molecule has 80 valence electrons. The SMILES string of the molecule is C=C(C)C(CC)C(O)(C(=O)O)C(=O)O. The van der Waals surface area contributed by atoms with Gasteiger partial charge in [-0.05, 0) is 13.3 Å². The van der Waals surface area contributed by atoms with Gasteiger partial charge in [-0.25, -0.2) is 9.59 Å². The molecule has 0 radical (unpaired) electrons. The molecule has 0 aromatic rings. The zero-order chi connectivity index (χ0) is 11.5. The van der Waals surface area contributed by atoms with E-state index >= 15 is 0 Å². The summed E-state index contributed by atoms with van der Waals surface area (Å²) in [5.74, 6) is -4.52. The second-order valence-electron chi connectivity index (χ2n) is 3.18. The molecule has 0 aliphatic carbocycles. The molecule has 0 aliphatic heterocycles. The third-order valence-electron chi connectivity index (χ3n) is 2.16. The zero-order valence-corrected chi connectivity index (χ0v) is 8.15. The van der Waals surface area contributed by atoms with Crippen LogP contribution in [0.25, 0.3) is 0 Å². The summed E-state index contributed by atoms with van der Waals surface area (Å²) in [6.45, 7) is 6.56. The van der Waals surface area contributed by atoms with Crippen molar-refractivity contribution in [3.05, 3.63) is 12.2 Å². The van der Waals surface area contributed by atoms with Gasteiger partial charge in [0, 0.05) is 5.92 Å². The fourth-order valence-corrected chi connectivity index (χ4v) is 1.39. The van der Waals surface area contributed by atoms with Gasteiger partial charge in [0.2, 0.25) is 0 Å². The summed E-state index contributed by atoms with van der Waals surface area (Å²) in [7, 11) is 0. The van der Waals surface area contributed by atoms with Gasteiger partial charge in [0.05, 0.1) is 0 Å². The molecule has 1 atom stereocenters. The normalized spacial score (nSPS) is 13.4. The minimum atomic E-state index is -2.78. The Morgan fingerprint density at radius 1 is 1.36 bits per heavy atom. The van der Waals surface area contributed by atoms with Crippen LogP contribution in [0, 0.1) is 5.92 Å². The molecule has 0 spiro atoms. The Balaban J connectivity index is 5.28. The molecule has 0 rings (SSSR count). The highest BCUT2D eigenvalue weighted by Crippen LogP contribution is 2.27. The number of rotatable bonds is 5. The van der Waals surface area contributed by atoms with Crippen molar-refractivity contribution in [2.24, 2.45) is 5.92 Å². The lowest BCUT2D eigenvalue weighted by atomic mass is 9.81. The van der Waals surface area contributed by atoms with Crippen LogP contribution in [-0.4, -0.2) is 32.9 Å². The van der Waals surface area contributed by atoms with Crippen molar-refractivity contribution in [3.63, 3.8) is 0 Å². The summed E-state index contributed by atoms with van der Waals surface area (Å²) < 4.78 is 0. The first-order chi connectivity index (χ1) is 6.28. The Morgan fingerprint density at radius 2 is 1.71 bits per heavy atom. The Labute approximate surface area is 81.7 Å². The second-order valence-corrected chi connectivity index (χ2v) is 3.18. The fourth-order valence-electron chi connectivity index (χ4n) is 1.39. The van der Waals surface area contributed by atoms with Crippen molar-refractivity contribution < 1.29 is 24.9 Å². The van der Waals surface area contributed by atoms with E-state index < -0.39 is 23.5 Å². The third-order valence-corrected chi connectivity index (χ3v) is 2.16. The van der Waals surface area contributed by atoms with Crippen LogP contribution in [0.5, 0.6) is 0 Å².